The van der Waals surface area contributed by atoms with E-state index >= 15 is 0 Å². The molecule has 0 bridgehead atoms. The maximum Gasteiger partial charge on any atom is 0.231 e. The largest absolute Gasteiger partial charge is 0.454 e. The lowest BCUT2D eigenvalue weighted by atomic mass is 9.74. The van der Waals surface area contributed by atoms with Gasteiger partial charge in [0.25, 0.3) is 0 Å². The Labute approximate surface area is 199 Å². The minimum atomic E-state index is -0.0187. The van der Waals surface area contributed by atoms with Crippen molar-refractivity contribution in [3.63, 3.8) is 0 Å². The number of fused-ring (bicyclic) bond motifs is 1. The van der Waals surface area contributed by atoms with Crippen LogP contribution in [0.2, 0.25) is 0 Å². The van der Waals surface area contributed by atoms with Gasteiger partial charge in [-0.1, -0.05) is 13.0 Å². The zero-order chi connectivity index (χ0) is 20.1. The first-order valence-electron chi connectivity index (χ1n) is 10.2. The Morgan fingerprint density at radius 2 is 1.83 bits per heavy atom. The van der Waals surface area contributed by atoms with Gasteiger partial charge in [0.05, 0.1) is 6.54 Å². The first-order chi connectivity index (χ1) is 14.2. The van der Waals surface area contributed by atoms with Crippen LogP contribution in [-0.4, -0.2) is 39.6 Å². The number of halogens is 1. The summed E-state index contributed by atoms with van der Waals surface area (Å²) in [6.45, 7) is 5.58. The number of rotatable bonds is 6. The molecule has 0 atom stereocenters. The molecule has 30 heavy (non-hydrogen) atoms. The Kier molecular flexibility index (Phi) is 8.24. The minimum absolute atomic E-state index is 0. The fraction of sp³-hybridized carbons (Fsp3) is 0.500. The van der Waals surface area contributed by atoms with Crippen molar-refractivity contribution in [3.8, 4) is 11.5 Å². The van der Waals surface area contributed by atoms with E-state index in [1.54, 1.807) is 0 Å². The maximum absolute atomic E-state index is 5.66. The van der Waals surface area contributed by atoms with Crippen molar-refractivity contribution in [2.75, 3.05) is 33.6 Å². The quantitative estimate of drug-likeness (QED) is 0.327. The zero-order valence-electron chi connectivity index (χ0n) is 17.5. The van der Waals surface area contributed by atoms with E-state index in [4.69, 9.17) is 14.2 Å². The number of aryl methyl sites for hydroxylation is 1. The molecule has 1 fully saturated rings. The number of benzene rings is 1. The molecule has 0 spiro atoms. The first kappa shape index (κ1) is 23.1. The van der Waals surface area contributed by atoms with Crippen molar-refractivity contribution in [1.82, 2.24) is 10.6 Å². The predicted molar refractivity (Wildman–Crippen MR) is 132 cm³/mol. The molecule has 0 saturated carbocycles. The highest BCUT2D eigenvalue weighted by molar-refractivity contribution is 14.0. The molecular formula is C22H30IN3O3S. The molecule has 1 aromatic carbocycles. The van der Waals surface area contributed by atoms with E-state index in [2.05, 4.69) is 46.8 Å². The van der Waals surface area contributed by atoms with Crippen molar-refractivity contribution in [2.24, 2.45) is 4.99 Å². The van der Waals surface area contributed by atoms with E-state index in [0.29, 0.717) is 6.79 Å². The van der Waals surface area contributed by atoms with Crippen LogP contribution in [0.1, 0.15) is 35.1 Å². The van der Waals surface area contributed by atoms with Gasteiger partial charge in [0.15, 0.2) is 17.5 Å². The van der Waals surface area contributed by atoms with Crippen LogP contribution in [0.3, 0.4) is 0 Å². The Morgan fingerprint density at radius 3 is 2.57 bits per heavy atom. The number of hydrogen-bond donors (Lipinski definition) is 2. The second kappa shape index (κ2) is 10.7. The van der Waals surface area contributed by atoms with Crippen LogP contribution in [0, 0.1) is 0 Å². The van der Waals surface area contributed by atoms with Crippen molar-refractivity contribution in [3.05, 3.63) is 45.6 Å². The van der Waals surface area contributed by atoms with Crippen LogP contribution >= 0.6 is 35.3 Å². The number of nitrogens with zero attached hydrogens (tertiary/aromatic N) is 1. The summed E-state index contributed by atoms with van der Waals surface area (Å²) in [6, 6.07) is 10.7. The average molecular weight is 543 g/mol. The highest BCUT2D eigenvalue weighted by Crippen LogP contribution is 2.40. The molecule has 164 valence electrons. The van der Waals surface area contributed by atoms with Crippen LogP contribution in [-0.2, 0) is 23.1 Å². The van der Waals surface area contributed by atoms with Gasteiger partial charge in [0, 0.05) is 42.0 Å². The standard InChI is InChI=1S/C22H29N3O3S.HI/c1-3-17-5-6-18(29-17)13-24-21(23-2)25-14-22(8-10-26-11-9-22)16-4-7-19-20(12-16)28-15-27-19;/h4-7,12H,3,8-11,13-15H2,1-2H3,(H2,23,24,25);1H. The molecule has 0 unspecified atom stereocenters. The lowest BCUT2D eigenvalue weighted by Crippen LogP contribution is -2.47. The summed E-state index contributed by atoms with van der Waals surface area (Å²) < 4.78 is 16.8. The second-order valence-electron chi connectivity index (χ2n) is 7.46. The maximum atomic E-state index is 5.66. The van der Waals surface area contributed by atoms with Crippen molar-refractivity contribution in [1.29, 1.82) is 0 Å². The van der Waals surface area contributed by atoms with Gasteiger partial charge in [-0.2, -0.15) is 0 Å². The third-order valence-corrected chi connectivity index (χ3v) is 6.98. The second-order valence-corrected chi connectivity index (χ2v) is 8.71. The van der Waals surface area contributed by atoms with E-state index in [0.717, 1.165) is 63.0 Å². The zero-order valence-corrected chi connectivity index (χ0v) is 20.7. The number of hydrogen-bond acceptors (Lipinski definition) is 5. The molecule has 6 nitrogen and oxygen atoms in total. The van der Waals surface area contributed by atoms with Gasteiger partial charge in [-0.05, 0) is 49.1 Å². The molecule has 0 aliphatic carbocycles. The molecule has 4 rings (SSSR count). The van der Waals surface area contributed by atoms with Gasteiger partial charge >= 0.3 is 0 Å². The number of ether oxygens (including phenoxy) is 3. The van der Waals surface area contributed by atoms with Crippen LogP contribution in [0.15, 0.2) is 35.3 Å². The normalized spacial score (nSPS) is 17.3. The monoisotopic (exact) mass is 543 g/mol. The number of nitrogens with one attached hydrogen (secondary N) is 2. The van der Waals surface area contributed by atoms with E-state index in [1.807, 2.05) is 24.5 Å². The molecule has 2 aliphatic heterocycles. The molecule has 8 heteroatoms. The van der Waals surface area contributed by atoms with E-state index in [1.165, 1.54) is 15.3 Å². The van der Waals surface area contributed by atoms with Crippen LogP contribution in [0.5, 0.6) is 11.5 Å². The third-order valence-electron chi connectivity index (χ3n) is 5.75. The van der Waals surface area contributed by atoms with Crippen molar-refractivity contribution >= 4 is 41.3 Å². The van der Waals surface area contributed by atoms with E-state index in [-0.39, 0.29) is 29.4 Å². The summed E-state index contributed by atoms with van der Waals surface area (Å²) in [6.07, 6.45) is 3.00. The van der Waals surface area contributed by atoms with Gasteiger partial charge in [-0.3, -0.25) is 4.99 Å². The Bertz CT molecular complexity index is 865. The topological polar surface area (TPSA) is 64.1 Å². The Morgan fingerprint density at radius 1 is 1.07 bits per heavy atom. The average Bonchev–Trinajstić information content (AvgIpc) is 3.43. The lowest BCUT2D eigenvalue weighted by molar-refractivity contribution is 0.0513. The molecule has 2 aromatic rings. The number of thiophene rings is 1. The molecular weight excluding hydrogens is 513 g/mol. The summed E-state index contributed by atoms with van der Waals surface area (Å²) in [7, 11) is 1.82. The fourth-order valence-electron chi connectivity index (χ4n) is 3.91. The van der Waals surface area contributed by atoms with Gasteiger partial charge in [0.2, 0.25) is 6.79 Å². The first-order valence-corrected chi connectivity index (χ1v) is 11.0. The van der Waals surface area contributed by atoms with E-state index in [9.17, 15) is 0 Å². The number of guanidine groups is 1. The molecule has 2 N–H and O–H groups in total. The lowest BCUT2D eigenvalue weighted by Gasteiger charge is -2.38. The highest BCUT2D eigenvalue weighted by atomic mass is 127. The smallest absolute Gasteiger partial charge is 0.231 e. The summed E-state index contributed by atoms with van der Waals surface area (Å²) in [5, 5.41) is 7.00. The summed E-state index contributed by atoms with van der Waals surface area (Å²) in [5.74, 6) is 2.48. The Hall–Kier alpha value is -1.52. The molecule has 0 radical (unpaired) electrons. The predicted octanol–water partition coefficient (Wildman–Crippen LogP) is 4.07. The third kappa shape index (κ3) is 5.20. The van der Waals surface area contributed by atoms with Crippen LogP contribution < -0.4 is 20.1 Å². The molecule has 1 aromatic heterocycles. The van der Waals surface area contributed by atoms with Crippen LogP contribution in [0.25, 0.3) is 0 Å². The van der Waals surface area contributed by atoms with Gasteiger partial charge < -0.3 is 24.8 Å². The van der Waals surface area contributed by atoms with Gasteiger partial charge in [-0.15, -0.1) is 35.3 Å². The van der Waals surface area contributed by atoms with Gasteiger partial charge in [0.1, 0.15) is 0 Å². The molecule has 3 heterocycles. The fourth-order valence-corrected chi connectivity index (χ4v) is 4.81. The van der Waals surface area contributed by atoms with Crippen molar-refractivity contribution in [2.45, 2.75) is 38.1 Å². The SMILES string of the molecule is CCc1ccc(CNC(=NC)NCC2(c3ccc4c(c3)OCO4)CCOCC2)s1.I. The van der Waals surface area contributed by atoms with Gasteiger partial charge in [-0.25, -0.2) is 0 Å². The number of aliphatic imine (C=N–C) groups is 1. The Balaban J connectivity index is 0.00000256. The summed E-state index contributed by atoms with van der Waals surface area (Å²) >= 11 is 1.85. The molecule has 2 aliphatic rings. The summed E-state index contributed by atoms with van der Waals surface area (Å²) in [5.41, 5.74) is 1.24. The molecule has 1 saturated heterocycles. The van der Waals surface area contributed by atoms with Crippen LogP contribution in [0.4, 0.5) is 0 Å². The molecule has 0 amide bonds. The van der Waals surface area contributed by atoms with Crippen molar-refractivity contribution < 1.29 is 14.2 Å². The summed E-state index contributed by atoms with van der Waals surface area (Å²) in [4.78, 5) is 7.15. The van der Waals surface area contributed by atoms with E-state index < -0.39 is 0 Å². The highest BCUT2D eigenvalue weighted by Gasteiger charge is 2.35. The minimum Gasteiger partial charge on any atom is -0.454 e.